The van der Waals surface area contributed by atoms with Crippen LogP contribution in [0.5, 0.6) is 11.5 Å². The second-order valence-corrected chi connectivity index (χ2v) is 5.36. The lowest BCUT2D eigenvalue weighted by atomic mass is 9.98. The summed E-state index contributed by atoms with van der Waals surface area (Å²) in [5, 5.41) is 9.49. The van der Waals surface area contributed by atoms with Gasteiger partial charge in [-0.25, -0.2) is 4.98 Å². The standard InChI is InChI=1S/C20H17N3O2/c1-24-14-8-9-19(25-2)16(10-14)18-11-15(13-6-4-3-5-7-13)17(12-21)20(22)23-18/h3-11H,1-2H3,(H2,22,23). The van der Waals surface area contributed by atoms with Crippen LogP contribution in [-0.2, 0) is 0 Å². The summed E-state index contributed by atoms with van der Waals surface area (Å²) >= 11 is 0. The Morgan fingerprint density at radius 3 is 2.36 bits per heavy atom. The highest BCUT2D eigenvalue weighted by Gasteiger charge is 2.16. The van der Waals surface area contributed by atoms with E-state index in [9.17, 15) is 5.26 Å². The Balaban J connectivity index is 2.26. The quantitative estimate of drug-likeness (QED) is 0.784. The number of rotatable bonds is 4. The minimum atomic E-state index is 0.184. The highest BCUT2D eigenvalue weighted by Crippen LogP contribution is 2.36. The second kappa shape index (κ2) is 6.93. The van der Waals surface area contributed by atoms with Gasteiger partial charge in [0.1, 0.15) is 28.9 Å². The molecular weight excluding hydrogens is 314 g/mol. The van der Waals surface area contributed by atoms with Gasteiger partial charge in [0.15, 0.2) is 0 Å². The number of anilines is 1. The highest BCUT2D eigenvalue weighted by atomic mass is 16.5. The molecule has 25 heavy (non-hydrogen) atoms. The van der Waals surface area contributed by atoms with E-state index in [-0.39, 0.29) is 5.82 Å². The zero-order chi connectivity index (χ0) is 17.8. The molecule has 0 saturated carbocycles. The van der Waals surface area contributed by atoms with Crippen LogP contribution in [0.1, 0.15) is 5.56 Å². The maximum atomic E-state index is 9.49. The zero-order valence-electron chi connectivity index (χ0n) is 14.0. The van der Waals surface area contributed by atoms with Gasteiger partial charge in [-0.3, -0.25) is 0 Å². The third-order valence-corrected chi connectivity index (χ3v) is 3.93. The number of benzene rings is 2. The van der Waals surface area contributed by atoms with Crippen LogP contribution in [-0.4, -0.2) is 19.2 Å². The predicted molar refractivity (Wildman–Crippen MR) is 97.3 cm³/mol. The number of nitrogens with zero attached hydrogens (tertiary/aromatic N) is 2. The molecule has 2 N–H and O–H groups in total. The van der Waals surface area contributed by atoms with Crippen LogP contribution in [0, 0.1) is 11.3 Å². The SMILES string of the molecule is COc1ccc(OC)c(-c2cc(-c3ccccc3)c(C#N)c(N)n2)c1. The second-order valence-electron chi connectivity index (χ2n) is 5.36. The molecule has 1 heterocycles. The number of nitrogen functional groups attached to an aromatic ring is 1. The number of nitrogens with two attached hydrogens (primary N) is 1. The van der Waals surface area contributed by atoms with Crippen LogP contribution in [0.15, 0.2) is 54.6 Å². The molecule has 0 atom stereocenters. The topological polar surface area (TPSA) is 81.2 Å². The van der Waals surface area contributed by atoms with Gasteiger partial charge in [-0.05, 0) is 29.8 Å². The summed E-state index contributed by atoms with van der Waals surface area (Å²) in [7, 11) is 3.19. The van der Waals surface area contributed by atoms with Gasteiger partial charge in [0.05, 0.1) is 19.9 Å². The summed E-state index contributed by atoms with van der Waals surface area (Å²) in [5.74, 6) is 1.52. The van der Waals surface area contributed by atoms with E-state index in [0.717, 1.165) is 16.7 Å². The van der Waals surface area contributed by atoms with Gasteiger partial charge in [0.25, 0.3) is 0 Å². The monoisotopic (exact) mass is 331 g/mol. The van der Waals surface area contributed by atoms with Crippen LogP contribution in [0.25, 0.3) is 22.4 Å². The summed E-state index contributed by atoms with van der Waals surface area (Å²) in [5.41, 5.74) is 9.42. The average molecular weight is 331 g/mol. The normalized spacial score (nSPS) is 10.1. The van der Waals surface area contributed by atoms with Crippen LogP contribution in [0.2, 0.25) is 0 Å². The van der Waals surface area contributed by atoms with Crippen molar-refractivity contribution in [3.8, 4) is 40.0 Å². The van der Waals surface area contributed by atoms with Crippen molar-refractivity contribution in [1.82, 2.24) is 4.98 Å². The maximum Gasteiger partial charge on any atom is 0.142 e. The number of hydrogen-bond donors (Lipinski definition) is 1. The molecule has 5 nitrogen and oxygen atoms in total. The number of methoxy groups -OCH3 is 2. The number of pyridine rings is 1. The Morgan fingerprint density at radius 1 is 0.960 bits per heavy atom. The lowest BCUT2D eigenvalue weighted by Crippen LogP contribution is -2.00. The van der Waals surface area contributed by atoms with Crippen molar-refractivity contribution >= 4 is 5.82 Å². The first-order chi connectivity index (χ1) is 12.2. The fraction of sp³-hybridized carbons (Fsp3) is 0.100. The number of aromatic nitrogens is 1. The number of hydrogen-bond acceptors (Lipinski definition) is 5. The third kappa shape index (κ3) is 3.10. The number of ether oxygens (including phenoxy) is 2. The van der Waals surface area contributed by atoms with E-state index in [0.29, 0.717) is 22.8 Å². The van der Waals surface area contributed by atoms with Gasteiger partial charge in [-0.2, -0.15) is 5.26 Å². The largest absolute Gasteiger partial charge is 0.497 e. The fourth-order valence-corrected chi connectivity index (χ4v) is 2.68. The minimum Gasteiger partial charge on any atom is -0.497 e. The summed E-state index contributed by atoms with van der Waals surface area (Å²) in [6.07, 6.45) is 0. The molecule has 0 aliphatic rings. The molecule has 0 unspecified atom stereocenters. The van der Waals surface area contributed by atoms with Crippen LogP contribution in [0.4, 0.5) is 5.82 Å². The van der Waals surface area contributed by atoms with Crippen molar-refractivity contribution in [2.24, 2.45) is 0 Å². The van der Waals surface area contributed by atoms with E-state index in [1.807, 2.05) is 54.6 Å². The first kappa shape index (κ1) is 16.3. The van der Waals surface area contributed by atoms with Crippen molar-refractivity contribution in [2.75, 3.05) is 20.0 Å². The molecule has 2 aromatic carbocycles. The molecule has 0 aliphatic heterocycles. The van der Waals surface area contributed by atoms with Gasteiger partial charge in [-0.15, -0.1) is 0 Å². The Morgan fingerprint density at radius 2 is 1.72 bits per heavy atom. The first-order valence-electron chi connectivity index (χ1n) is 7.66. The van der Waals surface area contributed by atoms with E-state index in [4.69, 9.17) is 15.2 Å². The first-order valence-corrected chi connectivity index (χ1v) is 7.66. The molecule has 124 valence electrons. The van der Waals surface area contributed by atoms with Gasteiger partial charge in [0, 0.05) is 11.1 Å². The Labute approximate surface area is 146 Å². The molecule has 3 rings (SSSR count). The molecule has 0 aliphatic carbocycles. The van der Waals surface area contributed by atoms with E-state index in [2.05, 4.69) is 11.1 Å². The van der Waals surface area contributed by atoms with Crippen molar-refractivity contribution in [2.45, 2.75) is 0 Å². The summed E-state index contributed by atoms with van der Waals surface area (Å²) < 4.78 is 10.7. The summed E-state index contributed by atoms with van der Waals surface area (Å²) in [6, 6.07) is 19.1. The van der Waals surface area contributed by atoms with Gasteiger partial charge in [-0.1, -0.05) is 30.3 Å². The Bertz CT molecular complexity index is 947. The Kier molecular flexibility index (Phi) is 4.53. The lowest BCUT2D eigenvalue weighted by Gasteiger charge is -2.13. The van der Waals surface area contributed by atoms with E-state index in [1.54, 1.807) is 14.2 Å². The van der Waals surface area contributed by atoms with Crippen molar-refractivity contribution in [1.29, 1.82) is 5.26 Å². The minimum absolute atomic E-state index is 0.184. The number of nitriles is 1. The molecule has 1 aromatic heterocycles. The van der Waals surface area contributed by atoms with Crippen molar-refractivity contribution in [3.05, 3.63) is 60.2 Å². The molecule has 0 amide bonds. The summed E-state index contributed by atoms with van der Waals surface area (Å²) in [6.45, 7) is 0. The van der Waals surface area contributed by atoms with Gasteiger partial charge < -0.3 is 15.2 Å². The van der Waals surface area contributed by atoms with Crippen molar-refractivity contribution in [3.63, 3.8) is 0 Å². The summed E-state index contributed by atoms with van der Waals surface area (Å²) in [4.78, 5) is 4.40. The van der Waals surface area contributed by atoms with Crippen molar-refractivity contribution < 1.29 is 9.47 Å². The van der Waals surface area contributed by atoms with E-state index >= 15 is 0 Å². The maximum absolute atomic E-state index is 9.49. The van der Waals surface area contributed by atoms with Gasteiger partial charge >= 0.3 is 0 Å². The molecular formula is C20H17N3O2. The molecule has 0 saturated heterocycles. The highest BCUT2D eigenvalue weighted by molar-refractivity contribution is 5.81. The lowest BCUT2D eigenvalue weighted by molar-refractivity contribution is 0.404. The molecule has 0 radical (unpaired) electrons. The smallest absolute Gasteiger partial charge is 0.142 e. The predicted octanol–water partition coefficient (Wildman–Crippen LogP) is 3.89. The molecule has 0 bridgehead atoms. The van der Waals surface area contributed by atoms with E-state index < -0.39 is 0 Å². The Hall–Kier alpha value is -3.52. The average Bonchev–Trinajstić information content (AvgIpc) is 2.67. The van der Waals surface area contributed by atoms with Crippen LogP contribution in [0.3, 0.4) is 0 Å². The molecule has 3 aromatic rings. The van der Waals surface area contributed by atoms with Crippen LogP contribution >= 0.6 is 0 Å². The molecule has 0 fully saturated rings. The third-order valence-electron chi connectivity index (χ3n) is 3.93. The molecule has 0 spiro atoms. The van der Waals surface area contributed by atoms with Gasteiger partial charge in [0.2, 0.25) is 0 Å². The molecule has 5 heteroatoms. The zero-order valence-corrected chi connectivity index (χ0v) is 14.0. The fourth-order valence-electron chi connectivity index (χ4n) is 2.68. The van der Waals surface area contributed by atoms with E-state index in [1.165, 1.54) is 0 Å². The van der Waals surface area contributed by atoms with Crippen LogP contribution < -0.4 is 15.2 Å².